The van der Waals surface area contributed by atoms with Crippen LogP contribution in [0.2, 0.25) is 0 Å². The van der Waals surface area contributed by atoms with E-state index in [1.807, 2.05) is 36.4 Å². The molecule has 0 bridgehead atoms. The highest BCUT2D eigenvalue weighted by molar-refractivity contribution is 7.80. The molecule has 4 rings (SSSR count). The van der Waals surface area contributed by atoms with E-state index >= 15 is 0 Å². The van der Waals surface area contributed by atoms with E-state index in [1.54, 1.807) is 24.0 Å². The lowest BCUT2D eigenvalue weighted by molar-refractivity contribution is -0.116. The molecule has 0 atom stereocenters. The van der Waals surface area contributed by atoms with E-state index in [0.29, 0.717) is 18.1 Å². The first-order valence-electron chi connectivity index (χ1n) is 10.1. The van der Waals surface area contributed by atoms with Crippen molar-refractivity contribution >= 4 is 40.3 Å². The van der Waals surface area contributed by atoms with Crippen LogP contribution in [-0.4, -0.2) is 59.5 Å². The fraction of sp³-hybridized carbons (Fsp3) is 0.318. The van der Waals surface area contributed by atoms with Crippen molar-refractivity contribution in [3.05, 3.63) is 54.1 Å². The summed E-state index contributed by atoms with van der Waals surface area (Å²) in [5.74, 6) is 0.314. The summed E-state index contributed by atoms with van der Waals surface area (Å²) in [7, 11) is 0. The smallest absolute Gasteiger partial charge is 0.223 e. The molecule has 0 saturated carbocycles. The predicted octanol–water partition coefficient (Wildman–Crippen LogP) is 2.55. The van der Waals surface area contributed by atoms with Crippen molar-refractivity contribution in [1.82, 2.24) is 10.3 Å². The Labute approximate surface area is 181 Å². The zero-order valence-corrected chi connectivity index (χ0v) is 17.7. The third-order valence-electron chi connectivity index (χ3n) is 5.53. The number of phenols is 1. The number of thiocarbonyl (C=S) groups is 1. The third kappa shape index (κ3) is 4.23. The van der Waals surface area contributed by atoms with Crippen molar-refractivity contribution in [2.75, 3.05) is 42.5 Å². The fourth-order valence-corrected chi connectivity index (χ4v) is 4.11. The Morgan fingerprint density at radius 1 is 1.03 bits per heavy atom. The van der Waals surface area contributed by atoms with Crippen LogP contribution in [0.1, 0.15) is 18.9 Å². The van der Waals surface area contributed by atoms with Crippen molar-refractivity contribution < 1.29 is 9.90 Å². The normalized spacial score (nSPS) is 17.6. The lowest BCUT2D eigenvalue weighted by Gasteiger charge is -2.37. The number of hydrogen-bond acceptors (Lipinski definition) is 5. The quantitative estimate of drug-likeness (QED) is 0.572. The zero-order chi connectivity index (χ0) is 21.1. The van der Waals surface area contributed by atoms with Crippen LogP contribution in [0.5, 0.6) is 5.75 Å². The first-order chi connectivity index (χ1) is 14.5. The van der Waals surface area contributed by atoms with E-state index < -0.39 is 0 Å². The van der Waals surface area contributed by atoms with E-state index in [-0.39, 0.29) is 11.7 Å². The molecular formula is C22H25N5O2S. The second-order valence-electron chi connectivity index (χ2n) is 7.40. The Hall–Kier alpha value is -3.13. The molecule has 7 nitrogen and oxygen atoms in total. The van der Waals surface area contributed by atoms with Gasteiger partial charge < -0.3 is 19.8 Å². The highest BCUT2D eigenvalue weighted by Crippen LogP contribution is 2.27. The molecule has 0 radical (unpaired) electrons. The number of anilines is 2. The Balaban J connectivity index is 1.38. The van der Waals surface area contributed by atoms with E-state index in [1.165, 1.54) is 0 Å². The number of amides is 1. The van der Waals surface area contributed by atoms with E-state index in [4.69, 9.17) is 12.2 Å². The number of piperazine rings is 1. The summed E-state index contributed by atoms with van der Waals surface area (Å²) in [6.45, 7) is 5.49. The molecule has 0 unspecified atom stereocenters. The van der Waals surface area contributed by atoms with Gasteiger partial charge in [0.15, 0.2) is 5.11 Å². The summed E-state index contributed by atoms with van der Waals surface area (Å²) < 4.78 is 0. The van der Waals surface area contributed by atoms with Crippen LogP contribution < -0.4 is 15.2 Å². The van der Waals surface area contributed by atoms with Crippen LogP contribution in [0.3, 0.4) is 0 Å². The number of carbonyl (C=O) groups excluding carboxylic acids is 1. The fourth-order valence-electron chi connectivity index (χ4n) is 3.89. The van der Waals surface area contributed by atoms with Gasteiger partial charge in [0.2, 0.25) is 5.91 Å². The number of nitrogens with zero attached hydrogens (tertiary/aromatic N) is 4. The molecule has 1 fully saturated rings. The molecule has 1 saturated heterocycles. The van der Waals surface area contributed by atoms with Gasteiger partial charge in [0, 0.05) is 57.3 Å². The summed E-state index contributed by atoms with van der Waals surface area (Å²) in [5, 5.41) is 14.7. The molecule has 2 heterocycles. The number of hydrazone groups is 1. The Morgan fingerprint density at radius 3 is 2.43 bits per heavy atom. The topological polar surface area (TPSA) is 71.4 Å². The molecule has 2 aromatic carbocycles. The van der Waals surface area contributed by atoms with Crippen molar-refractivity contribution in [1.29, 1.82) is 0 Å². The number of fused-ring (bicyclic) bond motifs is 1. The van der Waals surface area contributed by atoms with E-state index in [9.17, 15) is 9.90 Å². The average Bonchev–Trinajstić information content (AvgIpc) is 2.77. The van der Waals surface area contributed by atoms with Crippen LogP contribution in [0, 0.1) is 0 Å². The SMILES string of the molecule is CC(=O)N1CC/C(=N/NC(=S)N2CCN(c3ccc(O)cc3)CC2)c2ccccc21. The predicted molar refractivity (Wildman–Crippen MR) is 123 cm³/mol. The van der Waals surface area contributed by atoms with Gasteiger partial charge in [0.25, 0.3) is 0 Å². The van der Waals surface area contributed by atoms with Crippen molar-refractivity contribution in [2.24, 2.45) is 5.10 Å². The number of carbonyl (C=O) groups is 1. The summed E-state index contributed by atoms with van der Waals surface area (Å²) in [6, 6.07) is 15.1. The highest BCUT2D eigenvalue weighted by atomic mass is 32.1. The number of benzene rings is 2. The van der Waals surface area contributed by atoms with Crippen LogP contribution in [0.25, 0.3) is 0 Å². The second kappa shape index (κ2) is 8.71. The molecule has 8 heteroatoms. The molecule has 1 amide bonds. The zero-order valence-electron chi connectivity index (χ0n) is 16.9. The number of para-hydroxylation sites is 1. The van der Waals surface area contributed by atoms with E-state index in [2.05, 4.69) is 20.3 Å². The Kier molecular flexibility index (Phi) is 5.85. The van der Waals surface area contributed by atoms with Crippen LogP contribution >= 0.6 is 12.2 Å². The van der Waals surface area contributed by atoms with Gasteiger partial charge in [-0.05, 0) is 42.5 Å². The van der Waals surface area contributed by atoms with Crippen LogP contribution in [0.4, 0.5) is 11.4 Å². The Bertz CT molecular complexity index is 968. The van der Waals surface area contributed by atoms with Gasteiger partial charge in [-0.2, -0.15) is 5.10 Å². The highest BCUT2D eigenvalue weighted by Gasteiger charge is 2.24. The van der Waals surface area contributed by atoms with Crippen molar-refractivity contribution in [3.8, 4) is 5.75 Å². The lowest BCUT2D eigenvalue weighted by Crippen LogP contribution is -2.51. The van der Waals surface area contributed by atoms with Gasteiger partial charge in [0.05, 0.1) is 11.4 Å². The van der Waals surface area contributed by atoms with Gasteiger partial charge in [-0.15, -0.1) is 0 Å². The van der Waals surface area contributed by atoms with Crippen LogP contribution in [0.15, 0.2) is 53.6 Å². The molecule has 0 spiro atoms. The number of nitrogens with one attached hydrogen (secondary N) is 1. The molecular weight excluding hydrogens is 398 g/mol. The number of rotatable bonds is 2. The maximum atomic E-state index is 11.9. The largest absolute Gasteiger partial charge is 0.508 e. The molecule has 2 aliphatic rings. The minimum Gasteiger partial charge on any atom is -0.508 e. The average molecular weight is 424 g/mol. The number of phenolic OH excluding ortho intramolecular Hbond substituents is 1. The number of hydrogen-bond donors (Lipinski definition) is 2. The monoisotopic (exact) mass is 423 g/mol. The Morgan fingerprint density at radius 2 is 1.73 bits per heavy atom. The second-order valence-corrected chi connectivity index (χ2v) is 7.79. The minimum atomic E-state index is 0.0384. The maximum Gasteiger partial charge on any atom is 0.223 e. The standard InChI is InChI=1S/C22H25N5O2S/c1-16(28)27-11-10-20(19-4-2-3-5-21(19)27)23-24-22(30)26-14-12-25(13-15-26)17-6-8-18(29)9-7-17/h2-9,29H,10-15H2,1H3,(H,24,30)/b23-20-. The summed E-state index contributed by atoms with van der Waals surface area (Å²) in [5.41, 5.74) is 6.93. The summed E-state index contributed by atoms with van der Waals surface area (Å²) in [4.78, 5) is 18.1. The van der Waals surface area contributed by atoms with Gasteiger partial charge in [-0.1, -0.05) is 18.2 Å². The lowest BCUT2D eigenvalue weighted by atomic mass is 9.99. The molecule has 156 valence electrons. The molecule has 0 aromatic heterocycles. The minimum absolute atomic E-state index is 0.0384. The van der Waals surface area contributed by atoms with Gasteiger partial charge >= 0.3 is 0 Å². The van der Waals surface area contributed by atoms with Crippen LogP contribution in [-0.2, 0) is 4.79 Å². The summed E-state index contributed by atoms with van der Waals surface area (Å²) >= 11 is 5.57. The van der Waals surface area contributed by atoms with Gasteiger partial charge in [-0.3, -0.25) is 10.2 Å². The van der Waals surface area contributed by atoms with Gasteiger partial charge in [-0.25, -0.2) is 0 Å². The molecule has 2 aliphatic heterocycles. The van der Waals surface area contributed by atoms with Gasteiger partial charge in [0.1, 0.15) is 5.75 Å². The third-order valence-corrected chi connectivity index (χ3v) is 5.88. The molecule has 0 aliphatic carbocycles. The molecule has 2 aromatic rings. The first kappa shape index (κ1) is 20.2. The molecule has 2 N–H and O–H groups in total. The van der Waals surface area contributed by atoms with Crippen molar-refractivity contribution in [3.63, 3.8) is 0 Å². The maximum absolute atomic E-state index is 11.9. The number of aromatic hydroxyl groups is 1. The molecule has 30 heavy (non-hydrogen) atoms. The van der Waals surface area contributed by atoms with E-state index in [0.717, 1.165) is 48.8 Å². The first-order valence-corrected chi connectivity index (χ1v) is 10.5. The summed E-state index contributed by atoms with van der Waals surface area (Å²) in [6.07, 6.45) is 0.681. The van der Waals surface area contributed by atoms with Crippen molar-refractivity contribution in [2.45, 2.75) is 13.3 Å².